The minimum absolute atomic E-state index is 0.0173. The van der Waals surface area contributed by atoms with Gasteiger partial charge in [-0.25, -0.2) is 4.68 Å². The summed E-state index contributed by atoms with van der Waals surface area (Å²) in [6.45, 7) is 10.2. The minimum atomic E-state index is -0.151. The Morgan fingerprint density at radius 2 is 2.05 bits per heavy atom. The second-order valence-corrected chi connectivity index (χ2v) is 7.08. The van der Waals surface area contributed by atoms with Gasteiger partial charge in [0.2, 0.25) is 0 Å². The van der Waals surface area contributed by atoms with Crippen molar-refractivity contribution in [2.24, 2.45) is 5.41 Å². The predicted molar refractivity (Wildman–Crippen MR) is 85.2 cm³/mol. The lowest BCUT2D eigenvalue weighted by Crippen LogP contribution is -2.36. The number of aliphatic hydroxyl groups excluding tert-OH is 1. The molecule has 0 bridgehead atoms. The number of rotatable bonds is 5. The minimum Gasteiger partial charge on any atom is -0.396 e. The highest BCUT2D eigenvalue weighted by Gasteiger charge is 2.25. The van der Waals surface area contributed by atoms with E-state index in [1.165, 1.54) is 4.68 Å². The van der Waals surface area contributed by atoms with E-state index in [0.717, 1.165) is 0 Å². The number of hydrogen-bond donors (Lipinski definition) is 2. The summed E-state index contributed by atoms with van der Waals surface area (Å²) in [5.74, 6) is 0. The van der Waals surface area contributed by atoms with Gasteiger partial charge < -0.3 is 10.4 Å². The van der Waals surface area contributed by atoms with Gasteiger partial charge in [0.15, 0.2) is 0 Å². The van der Waals surface area contributed by atoms with Gasteiger partial charge in [-0.2, -0.15) is 5.10 Å². The van der Waals surface area contributed by atoms with Crippen molar-refractivity contribution in [3.05, 3.63) is 21.0 Å². The summed E-state index contributed by atoms with van der Waals surface area (Å²) < 4.78 is 1.92. The third kappa shape index (κ3) is 4.06. The van der Waals surface area contributed by atoms with Gasteiger partial charge in [0, 0.05) is 12.6 Å². The Kier molecular flexibility index (Phi) is 5.77. The largest absolute Gasteiger partial charge is 0.396 e. The van der Waals surface area contributed by atoms with Crippen LogP contribution in [0.4, 0.5) is 5.69 Å². The van der Waals surface area contributed by atoms with Gasteiger partial charge in [-0.15, -0.1) is 0 Å². The van der Waals surface area contributed by atoms with Crippen LogP contribution in [0.5, 0.6) is 0 Å². The van der Waals surface area contributed by atoms with Crippen molar-refractivity contribution in [2.45, 2.75) is 53.1 Å². The van der Waals surface area contributed by atoms with Gasteiger partial charge in [0.1, 0.15) is 4.47 Å². The van der Waals surface area contributed by atoms with E-state index in [-0.39, 0.29) is 29.7 Å². The zero-order valence-electron chi connectivity index (χ0n) is 12.8. The standard InChI is InChI=1S/C14H24BrN3O2/c1-9(2)18-13(20)12(15)10(8-16-18)17-11(6-7-19)14(3,4)5/h8-9,11,17,19H,6-7H2,1-5H3. The van der Waals surface area contributed by atoms with Crippen LogP contribution in [-0.4, -0.2) is 27.5 Å². The maximum Gasteiger partial charge on any atom is 0.283 e. The maximum atomic E-state index is 12.2. The Bertz CT molecular complexity index is 506. The van der Waals surface area contributed by atoms with E-state index in [0.29, 0.717) is 16.6 Å². The van der Waals surface area contributed by atoms with Crippen LogP contribution in [0.15, 0.2) is 15.5 Å². The van der Waals surface area contributed by atoms with E-state index in [2.05, 4.69) is 47.1 Å². The van der Waals surface area contributed by atoms with E-state index < -0.39 is 0 Å². The van der Waals surface area contributed by atoms with Crippen molar-refractivity contribution in [1.82, 2.24) is 9.78 Å². The molecule has 0 aliphatic heterocycles. The first-order valence-electron chi connectivity index (χ1n) is 6.83. The smallest absolute Gasteiger partial charge is 0.283 e. The number of aliphatic hydroxyl groups is 1. The highest BCUT2D eigenvalue weighted by atomic mass is 79.9. The quantitative estimate of drug-likeness (QED) is 0.860. The fourth-order valence-corrected chi connectivity index (χ4v) is 2.35. The number of anilines is 1. The summed E-state index contributed by atoms with van der Waals surface area (Å²) in [6.07, 6.45) is 2.27. The zero-order valence-corrected chi connectivity index (χ0v) is 14.4. The fourth-order valence-electron chi connectivity index (χ4n) is 1.95. The third-order valence-electron chi connectivity index (χ3n) is 3.23. The molecule has 1 heterocycles. The number of halogens is 1. The van der Waals surface area contributed by atoms with Crippen LogP contribution in [0.3, 0.4) is 0 Å². The summed E-state index contributed by atoms with van der Waals surface area (Å²) in [6, 6.07) is 0.0728. The molecule has 0 radical (unpaired) electrons. The summed E-state index contributed by atoms with van der Waals surface area (Å²) in [4.78, 5) is 12.2. The monoisotopic (exact) mass is 345 g/mol. The van der Waals surface area contributed by atoms with E-state index in [1.54, 1.807) is 6.20 Å². The summed E-state index contributed by atoms with van der Waals surface area (Å²) >= 11 is 3.35. The van der Waals surface area contributed by atoms with Crippen LogP contribution in [0.25, 0.3) is 0 Å². The molecule has 0 saturated heterocycles. The second kappa shape index (κ2) is 6.72. The normalized spacial score (nSPS) is 13.6. The molecule has 0 aliphatic carbocycles. The first-order valence-corrected chi connectivity index (χ1v) is 7.62. The average molecular weight is 346 g/mol. The molecule has 5 nitrogen and oxygen atoms in total. The highest BCUT2D eigenvalue weighted by molar-refractivity contribution is 9.10. The van der Waals surface area contributed by atoms with Gasteiger partial charge in [0.25, 0.3) is 5.56 Å². The first-order chi connectivity index (χ1) is 9.18. The molecular formula is C14H24BrN3O2. The molecule has 20 heavy (non-hydrogen) atoms. The molecule has 1 aromatic rings. The van der Waals surface area contributed by atoms with Gasteiger partial charge >= 0.3 is 0 Å². The van der Waals surface area contributed by atoms with Crippen LogP contribution < -0.4 is 10.9 Å². The molecule has 1 aromatic heterocycles. The van der Waals surface area contributed by atoms with Crippen molar-refractivity contribution in [2.75, 3.05) is 11.9 Å². The van der Waals surface area contributed by atoms with Gasteiger partial charge in [0.05, 0.1) is 17.9 Å². The van der Waals surface area contributed by atoms with Crippen LogP contribution in [0, 0.1) is 5.41 Å². The number of hydrogen-bond acceptors (Lipinski definition) is 4. The SMILES string of the molecule is CC(C)n1ncc(NC(CCO)C(C)(C)C)c(Br)c1=O. The van der Waals surface area contributed by atoms with Gasteiger partial charge in [-0.1, -0.05) is 20.8 Å². The van der Waals surface area contributed by atoms with Crippen molar-refractivity contribution in [1.29, 1.82) is 0 Å². The van der Waals surface area contributed by atoms with Gasteiger partial charge in [-0.3, -0.25) is 4.79 Å². The number of nitrogens with one attached hydrogen (secondary N) is 1. The summed E-state index contributed by atoms with van der Waals surface area (Å²) in [5.41, 5.74) is 0.483. The van der Waals surface area contributed by atoms with E-state index >= 15 is 0 Å². The molecule has 0 spiro atoms. The lowest BCUT2D eigenvalue weighted by atomic mass is 9.85. The Labute approximate surface area is 128 Å². The Morgan fingerprint density at radius 3 is 2.50 bits per heavy atom. The molecule has 1 atom stereocenters. The summed E-state index contributed by atoms with van der Waals surface area (Å²) in [5, 5.41) is 16.7. The van der Waals surface area contributed by atoms with E-state index in [1.807, 2.05) is 13.8 Å². The second-order valence-electron chi connectivity index (χ2n) is 6.29. The lowest BCUT2D eigenvalue weighted by Gasteiger charge is -2.32. The van der Waals surface area contributed by atoms with Crippen molar-refractivity contribution >= 4 is 21.6 Å². The molecule has 0 saturated carbocycles. The molecule has 0 fully saturated rings. The van der Waals surface area contributed by atoms with Crippen molar-refractivity contribution < 1.29 is 5.11 Å². The topological polar surface area (TPSA) is 67.2 Å². The average Bonchev–Trinajstić information content (AvgIpc) is 2.32. The van der Waals surface area contributed by atoms with Crippen molar-refractivity contribution in [3.8, 4) is 0 Å². The first kappa shape index (κ1) is 17.2. The number of nitrogens with zero attached hydrogens (tertiary/aromatic N) is 2. The molecule has 0 aromatic carbocycles. The van der Waals surface area contributed by atoms with Crippen LogP contribution in [0.1, 0.15) is 47.1 Å². The van der Waals surface area contributed by atoms with Crippen molar-refractivity contribution in [3.63, 3.8) is 0 Å². The summed E-state index contributed by atoms with van der Waals surface area (Å²) in [7, 11) is 0. The van der Waals surface area contributed by atoms with Gasteiger partial charge in [-0.05, 0) is 41.6 Å². The molecule has 6 heteroatoms. The highest BCUT2D eigenvalue weighted by Crippen LogP contribution is 2.27. The van der Waals surface area contributed by atoms with Crippen LogP contribution in [0.2, 0.25) is 0 Å². The number of aromatic nitrogens is 2. The molecule has 0 amide bonds. The van der Waals surface area contributed by atoms with Crippen LogP contribution >= 0.6 is 15.9 Å². The Balaban J connectivity index is 3.09. The molecule has 1 rings (SSSR count). The lowest BCUT2D eigenvalue weighted by molar-refractivity contribution is 0.235. The fraction of sp³-hybridized carbons (Fsp3) is 0.714. The molecule has 1 unspecified atom stereocenters. The molecule has 0 aliphatic rings. The van der Waals surface area contributed by atoms with E-state index in [4.69, 9.17) is 0 Å². The molecule has 114 valence electrons. The Hall–Kier alpha value is -0.880. The molecular weight excluding hydrogens is 322 g/mol. The molecule has 2 N–H and O–H groups in total. The van der Waals surface area contributed by atoms with Crippen LogP contribution in [-0.2, 0) is 0 Å². The third-order valence-corrected chi connectivity index (χ3v) is 3.99. The van der Waals surface area contributed by atoms with E-state index in [9.17, 15) is 9.90 Å². The predicted octanol–water partition coefficient (Wildman–Crippen LogP) is 2.80. The maximum absolute atomic E-state index is 12.2. The Morgan fingerprint density at radius 1 is 1.45 bits per heavy atom. The zero-order chi connectivity index (χ0) is 15.5.